The lowest BCUT2D eigenvalue weighted by Crippen LogP contribution is -2.42. The summed E-state index contributed by atoms with van der Waals surface area (Å²) in [5.74, 6) is -1.79. The summed E-state index contributed by atoms with van der Waals surface area (Å²) in [7, 11) is 0. The molecule has 1 atom stereocenters. The lowest BCUT2D eigenvalue weighted by Gasteiger charge is -2.30. The number of aromatic nitrogens is 1. The molecule has 1 saturated heterocycles. The Morgan fingerprint density at radius 3 is 2.79 bits per heavy atom. The highest BCUT2D eigenvalue weighted by atomic mass is 35.5. The first-order valence-corrected chi connectivity index (χ1v) is 6.58. The molecule has 0 aromatic carbocycles. The number of likely N-dealkylation sites (tertiary alicyclic amines) is 1. The van der Waals surface area contributed by atoms with Crippen LogP contribution in [-0.4, -0.2) is 40.0 Å². The number of hydrogen-bond donors (Lipinski definition) is 1. The van der Waals surface area contributed by atoms with Gasteiger partial charge in [0.25, 0.3) is 5.91 Å². The van der Waals surface area contributed by atoms with Crippen LogP contribution >= 0.6 is 23.2 Å². The normalized spacial score (nSPS) is 19.3. The molecule has 1 aliphatic rings. The Labute approximate surface area is 120 Å². The molecule has 0 bridgehead atoms. The fourth-order valence-electron chi connectivity index (χ4n) is 2.08. The molecule has 102 valence electrons. The van der Waals surface area contributed by atoms with Crippen LogP contribution in [0, 0.1) is 5.92 Å². The number of amides is 1. The highest BCUT2D eigenvalue weighted by molar-refractivity contribution is 6.34. The zero-order chi connectivity index (χ0) is 14.0. The molecule has 0 saturated carbocycles. The van der Waals surface area contributed by atoms with Gasteiger partial charge in [-0.25, -0.2) is 4.98 Å². The molecular weight excluding hydrogens is 291 g/mol. The van der Waals surface area contributed by atoms with E-state index in [0.29, 0.717) is 19.4 Å². The molecule has 7 heteroatoms. The maximum atomic E-state index is 12.3. The number of rotatable bonds is 2. The van der Waals surface area contributed by atoms with Gasteiger partial charge >= 0.3 is 5.97 Å². The van der Waals surface area contributed by atoms with Crippen molar-refractivity contribution in [1.82, 2.24) is 9.88 Å². The SMILES string of the molecule is O=C(O)C1CCCN(C(=O)c2nc(Cl)ccc2Cl)C1. The topological polar surface area (TPSA) is 70.5 Å². The maximum absolute atomic E-state index is 12.3. The summed E-state index contributed by atoms with van der Waals surface area (Å²) in [6, 6.07) is 3.00. The van der Waals surface area contributed by atoms with Crippen LogP contribution in [0.3, 0.4) is 0 Å². The monoisotopic (exact) mass is 302 g/mol. The van der Waals surface area contributed by atoms with Gasteiger partial charge in [-0.15, -0.1) is 0 Å². The van der Waals surface area contributed by atoms with Gasteiger partial charge in [0.15, 0.2) is 0 Å². The fourth-order valence-corrected chi connectivity index (χ4v) is 2.41. The van der Waals surface area contributed by atoms with Gasteiger partial charge in [0, 0.05) is 13.1 Å². The first kappa shape index (κ1) is 14.1. The quantitative estimate of drug-likeness (QED) is 0.851. The lowest BCUT2D eigenvalue weighted by molar-refractivity contribution is -0.143. The van der Waals surface area contributed by atoms with Crippen LogP contribution in [0.1, 0.15) is 23.3 Å². The highest BCUT2D eigenvalue weighted by Crippen LogP contribution is 2.22. The lowest BCUT2D eigenvalue weighted by atomic mass is 9.98. The smallest absolute Gasteiger partial charge is 0.308 e. The fraction of sp³-hybridized carbons (Fsp3) is 0.417. The van der Waals surface area contributed by atoms with Crippen molar-refractivity contribution in [1.29, 1.82) is 0 Å². The molecule has 1 N–H and O–H groups in total. The summed E-state index contributed by atoms with van der Waals surface area (Å²) in [5, 5.41) is 9.40. The van der Waals surface area contributed by atoms with E-state index in [1.165, 1.54) is 17.0 Å². The maximum Gasteiger partial charge on any atom is 0.308 e. The first-order valence-electron chi connectivity index (χ1n) is 5.83. The Morgan fingerprint density at radius 1 is 1.37 bits per heavy atom. The van der Waals surface area contributed by atoms with Gasteiger partial charge in [-0.1, -0.05) is 23.2 Å². The molecular formula is C12H12Cl2N2O3. The second-order valence-corrected chi connectivity index (χ2v) is 5.19. The molecule has 0 aliphatic carbocycles. The third-order valence-corrected chi connectivity index (χ3v) is 3.59. The second-order valence-electron chi connectivity index (χ2n) is 4.39. The zero-order valence-corrected chi connectivity index (χ0v) is 11.5. The van der Waals surface area contributed by atoms with E-state index in [9.17, 15) is 9.59 Å². The largest absolute Gasteiger partial charge is 0.481 e. The summed E-state index contributed by atoms with van der Waals surface area (Å²) in [4.78, 5) is 28.6. The van der Waals surface area contributed by atoms with Crippen molar-refractivity contribution in [3.8, 4) is 0 Å². The number of piperidine rings is 1. The minimum atomic E-state index is -0.886. The van der Waals surface area contributed by atoms with Crippen LogP contribution in [0.2, 0.25) is 10.2 Å². The number of halogens is 2. The summed E-state index contributed by atoms with van der Waals surface area (Å²) in [5.41, 5.74) is 0.0696. The van der Waals surface area contributed by atoms with Crippen molar-refractivity contribution in [3.63, 3.8) is 0 Å². The number of carbonyl (C=O) groups is 2. The molecule has 1 amide bonds. The molecule has 1 unspecified atom stereocenters. The molecule has 1 aromatic rings. The van der Waals surface area contributed by atoms with Crippen molar-refractivity contribution in [2.24, 2.45) is 5.92 Å². The summed E-state index contributed by atoms with van der Waals surface area (Å²) in [6.45, 7) is 0.686. The van der Waals surface area contributed by atoms with E-state index in [0.717, 1.165) is 0 Å². The van der Waals surface area contributed by atoms with Gasteiger partial charge in [0.1, 0.15) is 10.8 Å². The second kappa shape index (κ2) is 5.75. The summed E-state index contributed by atoms with van der Waals surface area (Å²) >= 11 is 11.7. The third kappa shape index (κ3) is 3.16. The average Bonchev–Trinajstić information content (AvgIpc) is 2.41. The first-order chi connectivity index (χ1) is 8.99. The highest BCUT2D eigenvalue weighted by Gasteiger charge is 2.30. The Hall–Kier alpha value is -1.33. The minimum absolute atomic E-state index is 0.0696. The van der Waals surface area contributed by atoms with E-state index in [1.807, 2.05) is 0 Å². The zero-order valence-electron chi connectivity index (χ0n) is 9.97. The predicted molar refractivity (Wildman–Crippen MR) is 70.5 cm³/mol. The van der Waals surface area contributed by atoms with Gasteiger partial charge < -0.3 is 10.0 Å². The van der Waals surface area contributed by atoms with Gasteiger partial charge in [-0.05, 0) is 25.0 Å². The Balaban J connectivity index is 2.19. The van der Waals surface area contributed by atoms with Crippen LogP contribution in [0.25, 0.3) is 0 Å². The van der Waals surface area contributed by atoms with Gasteiger partial charge in [-0.2, -0.15) is 0 Å². The van der Waals surface area contributed by atoms with Crippen molar-refractivity contribution in [2.45, 2.75) is 12.8 Å². The van der Waals surface area contributed by atoms with E-state index in [2.05, 4.69) is 4.98 Å². The molecule has 0 radical (unpaired) electrons. The molecule has 1 aliphatic heterocycles. The number of carbonyl (C=O) groups excluding carboxylic acids is 1. The van der Waals surface area contributed by atoms with Crippen molar-refractivity contribution in [3.05, 3.63) is 28.0 Å². The number of aliphatic carboxylic acids is 1. The average molecular weight is 303 g/mol. The van der Waals surface area contributed by atoms with E-state index in [-0.39, 0.29) is 28.3 Å². The van der Waals surface area contributed by atoms with E-state index in [1.54, 1.807) is 0 Å². The summed E-state index contributed by atoms with van der Waals surface area (Å²) < 4.78 is 0. The van der Waals surface area contributed by atoms with Crippen LogP contribution in [0.15, 0.2) is 12.1 Å². The standard InChI is InChI=1S/C12H12Cl2N2O3/c13-8-3-4-9(14)15-10(8)11(17)16-5-1-2-7(6-16)12(18)19/h3-4,7H,1-2,5-6H2,(H,18,19). The van der Waals surface area contributed by atoms with E-state index < -0.39 is 11.9 Å². The molecule has 2 rings (SSSR count). The van der Waals surface area contributed by atoms with Gasteiger partial charge in [-0.3, -0.25) is 9.59 Å². The van der Waals surface area contributed by atoms with Crippen molar-refractivity contribution in [2.75, 3.05) is 13.1 Å². The van der Waals surface area contributed by atoms with Gasteiger partial charge in [0.05, 0.1) is 10.9 Å². The molecule has 19 heavy (non-hydrogen) atoms. The van der Waals surface area contributed by atoms with Crippen LogP contribution < -0.4 is 0 Å². The molecule has 1 aromatic heterocycles. The minimum Gasteiger partial charge on any atom is -0.481 e. The van der Waals surface area contributed by atoms with Gasteiger partial charge in [0.2, 0.25) is 0 Å². The predicted octanol–water partition coefficient (Wildman–Crippen LogP) is 2.33. The Morgan fingerprint density at radius 2 is 2.11 bits per heavy atom. The number of hydrogen-bond acceptors (Lipinski definition) is 3. The third-order valence-electron chi connectivity index (χ3n) is 3.07. The molecule has 2 heterocycles. The summed E-state index contributed by atoms with van der Waals surface area (Å²) in [6.07, 6.45) is 1.23. The number of nitrogens with zero attached hydrogens (tertiary/aromatic N) is 2. The number of carboxylic acids is 1. The van der Waals surface area contributed by atoms with E-state index >= 15 is 0 Å². The number of pyridine rings is 1. The Bertz CT molecular complexity index is 522. The molecule has 5 nitrogen and oxygen atoms in total. The van der Waals surface area contributed by atoms with E-state index in [4.69, 9.17) is 28.3 Å². The molecule has 1 fully saturated rings. The Kier molecular flexibility index (Phi) is 4.27. The van der Waals surface area contributed by atoms with Crippen LogP contribution in [0.5, 0.6) is 0 Å². The van der Waals surface area contributed by atoms with Crippen LogP contribution in [0.4, 0.5) is 0 Å². The molecule has 0 spiro atoms. The van der Waals surface area contributed by atoms with Crippen molar-refractivity contribution >= 4 is 35.1 Å². The number of carboxylic acid groups (broad SMARTS) is 1. The van der Waals surface area contributed by atoms with Crippen LogP contribution in [-0.2, 0) is 4.79 Å². The van der Waals surface area contributed by atoms with Crippen molar-refractivity contribution < 1.29 is 14.7 Å².